The molecule has 0 aliphatic heterocycles. The average molecular weight is 465 g/mol. The second kappa shape index (κ2) is 10.7. The minimum atomic E-state index is -0.0294. The predicted molar refractivity (Wildman–Crippen MR) is 131 cm³/mol. The van der Waals surface area contributed by atoms with Crippen molar-refractivity contribution in [1.29, 1.82) is 0 Å². The van der Waals surface area contributed by atoms with Gasteiger partial charge in [-0.25, -0.2) is 4.98 Å². The van der Waals surface area contributed by atoms with E-state index in [1.54, 1.807) is 18.0 Å². The number of unbranched alkanes of at least 4 members (excludes halogenated alkanes) is 1. The zero-order valence-corrected chi connectivity index (χ0v) is 19.5. The number of carbonyl (C=O) groups is 1. The number of fused-ring (bicyclic) bond motifs is 1. The standard InChI is InChI=1S/C25H25ClN4OS/c1-2-3-13-28-24(31)19-10-8-18(9-11-19)16-30-23-15-27-14-12-22(23)29-25(30)32-17-20-6-4-5-7-21(20)26/h4-12,14-15H,2-3,13,16-17H2,1H3,(H,28,31). The molecule has 0 saturated carbocycles. The predicted octanol–water partition coefficient (Wildman–Crippen LogP) is 5.96. The molecule has 1 N–H and O–H groups in total. The summed E-state index contributed by atoms with van der Waals surface area (Å²) in [6.45, 7) is 3.46. The maximum absolute atomic E-state index is 12.3. The Morgan fingerprint density at radius 2 is 1.94 bits per heavy atom. The third-order valence-electron chi connectivity index (χ3n) is 5.20. The number of nitrogens with one attached hydrogen (secondary N) is 1. The number of aromatic nitrogens is 3. The van der Waals surface area contributed by atoms with Crippen LogP contribution < -0.4 is 5.32 Å². The zero-order chi connectivity index (χ0) is 22.3. The molecule has 0 radical (unpaired) electrons. The number of carbonyl (C=O) groups excluding carboxylic acids is 1. The molecule has 2 aromatic carbocycles. The maximum atomic E-state index is 12.3. The second-order valence-corrected chi connectivity index (χ2v) is 8.88. The van der Waals surface area contributed by atoms with Crippen LogP contribution in [0.3, 0.4) is 0 Å². The lowest BCUT2D eigenvalue weighted by atomic mass is 10.1. The first-order valence-corrected chi connectivity index (χ1v) is 12.1. The van der Waals surface area contributed by atoms with Crippen LogP contribution in [0.25, 0.3) is 11.0 Å². The van der Waals surface area contributed by atoms with Crippen molar-refractivity contribution < 1.29 is 4.79 Å². The van der Waals surface area contributed by atoms with E-state index in [1.165, 1.54) is 0 Å². The van der Waals surface area contributed by atoms with Crippen molar-refractivity contribution in [3.63, 3.8) is 0 Å². The van der Waals surface area contributed by atoms with Crippen molar-refractivity contribution in [3.05, 3.63) is 88.7 Å². The first kappa shape index (κ1) is 22.4. The summed E-state index contributed by atoms with van der Waals surface area (Å²) in [5, 5.41) is 4.63. The summed E-state index contributed by atoms with van der Waals surface area (Å²) < 4.78 is 2.17. The third kappa shape index (κ3) is 5.31. The highest BCUT2D eigenvalue weighted by molar-refractivity contribution is 7.98. The van der Waals surface area contributed by atoms with Gasteiger partial charge in [-0.15, -0.1) is 0 Å². The van der Waals surface area contributed by atoms with E-state index in [9.17, 15) is 4.79 Å². The first-order chi connectivity index (χ1) is 15.7. The largest absolute Gasteiger partial charge is 0.352 e. The van der Waals surface area contributed by atoms with Gasteiger partial charge in [0, 0.05) is 29.1 Å². The van der Waals surface area contributed by atoms with Crippen LogP contribution in [-0.2, 0) is 12.3 Å². The van der Waals surface area contributed by atoms with Crippen molar-refractivity contribution in [1.82, 2.24) is 19.9 Å². The number of benzene rings is 2. The van der Waals surface area contributed by atoms with Gasteiger partial charge in [-0.1, -0.05) is 67.0 Å². The van der Waals surface area contributed by atoms with E-state index in [2.05, 4.69) is 21.8 Å². The van der Waals surface area contributed by atoms with Gasteiger partial charge in [0.1, 0.15) is 0 Å². The number of thioether (sulfide) groups is 1. The van der Waals surface area contributed by atoms with Gasteiger partial charge in [0.05, 0.1) is 23.8 Å². The smallest absolute Gasteiger partial charge is 0.251 e. The minimum absolute atomic E-state index is 0.0294. The van der Waals surface area contributed by atoms with Gasteiger partial charge >= 0.3 is 0 Å². The summed E-state index contributed by atoms with van der Waals surface area (Å²) in [4.78, 5) is 21.4. The highest BCUT2D eigenvalue weighted by Crippen LogP contribution is 2.29. The van der Waals surface area contributed by atoms with Gasteiger partial charge in [0.2, 0.25) is 0 Å². The normalized spacial score (nSPS) is 11.1. The van der Waals surface area contributed by atoms with Crippen LogP contribution in [0.15, 0.2) is 72.1 Å². The minimum Gasteiger partial charge on any atom is -0.352 e. The Hall–Kier alpha value is -2.83. The number of hydrogen-bond acceptors (Lipinski definition) is 4. The highest BCUT2D eigenvalue weighted by Gasteiger charge is 2.13. The monoisotopic (exact) mass is 464 g/mol. The summed E-state index contributed by atoms with van der Waals surface area (Å²) in [6, 6.07) is 17.6. The van der Waals surface area contributed by atoms with E-state index < -0.39 is 0 Å². The van der Waals surface area contributed by atoms with Gasteiger partial charge in [-0.05, 0) is 41.8 Å². The SMILES string of the molecule is CCCCNC(=O)c1ccc(Cn2c(SCc3ccccc3Cl)nc3ccncc32)cc1. The number of amides is 1. The fourth-order valence-electron chi connectivity index (χ4n) is 3.39. The van der Waals surface area contributed by atoms with Crippen molar-refractivity contribution in [2.75, 3.05) is 6.54 Å². The van der Waals surface area contributed by atoms with Crippen LogP contribution in [0.1, 0.15) is 41.3 Å². The molecule has 7 heteroatoms. The Kier molecular flexibility index (Phi) is 7.45. The number of pyridine rings is 1. The van der Waals surface area contributed by atoms with Crippen LogP contribution in [0.5, 0.6) is 0 Å². The summed E-state index contributed by atoms with van der Waals surface area (Å²) >= 11 is 7.99. The number of rotatable bonds is 9. The summed E-state index contributed by atoms with van der Waals surface area (Å²) in [5.41, 5.74) is 4.74. The average Bonchev–Trinajstić information content (AvgIpc) is 3.16. The highest BCUT2D eigenvalue weighted by atomic mass is 35.5. The van der Waals surface area contributed by atoms with Crippen LogP contribution in [0.2, 0.25) is 5.02 Å². The Bertz CT molecular complexity index is 1210. The molecule has 0 aliphatic rings. The number of hydrogen-bond donors (Lipinski definition) is 1. The number of nitrogens with zero attached hydrogens (tertiary/aromatic N) is 3. The van der Waals surface area contributed by atoms with Gasteiger partial charge in [0.25, 0.3) is 5.91 Å². The lowest BCUT2D eigenvalue weighted by molar-refractivity contribution is 0.0953. The Balaban J connectivity index is 1.54. The van der Waals surface area contributed by atoms with E-state index in [1.807, 2.05) is 60.8 Å². The van der Waals surface area contributed by atoms with E-state index in [-0.39, 0.29) is 5.91 Å². The van der Waals surface area contributed by atoms with E-state index in [4.69, 9.17) is 16.6 Å². The summed E-state index contributed by atoms with van der Waals surface area (Å²) in [6.07, 6.45) is 5.65. The van der Waals surface area contributed by atoms with E-state index >= 15 is 0 Å². The molecule has 0 bridgehead atoms. The molecule has 0 unspecified atom stereocenters. The van der Waals surface area contributed by atoms with Crippen LogP contribution in [0, 0.1) is 0 Å². The van der Waals surface area contributed by atoms with Gasteiger partial charge in [-0.2, -0.15) is 0 Å². The van der Waals surface area contributed by atoms with Crippen molar-refractivity contribution in [3.8, 4) is 0 Å². The molecule has 1 amide bonds. The van der Waals surface area contributed by atoms with Crippen molar-refractivity contribution in [2.45, 2.75) is 37.2 Å². The number of imidazole rings is 1. The second-order valence-electron chi connectivity index (χ2n) is 7.53. The quantitative estimate of drug-likeness (QED) is 0.245. The molecule has 5 nitrogen and oxygen atoms in total. The first-order valence-electron chi connectivity index (χ1n) is 10.7. The molecular formula is C25H25ClN4OS. The Morgan fingerprint density at radius 3 is 2.72 bits per heavy atom. The molecule has 4 rings (SSSR count). The molecule has 4 aromatic rings. The van der Waals surface area contributed by atoms with Gasteiger partial charge < -0.3 is 9.88 Å². The molecule has 164 valence electrons. The molecule has 2 aromatic heterocycles. The number of halogens is 1. The maximum Gasteiger partial charge on any atom is 0.251 e. The Labute approximate surface area is 197 Å². The Morgan fingerprint density at radius 1 is 1.12 bits per heavy atom. The molecule has 0 atom stereocenters. The fraction of sp³-hybridized carbons (Fsp3) is 0.240. The molecule has 32 heavy (non-hydrogen) atoms. The van der Waals surface area contributed by atoms with Gasteiger partial charge in [-0.3, -0.25) is 9.78 Å². The van der Waals surface area contributed by atoms with E-state index in [0.29, 0.717) is 18.7 Å². The van der Waals surface area contributed by atoms with E-state index in [0.717, 1.165) is 50.9 Å². The van der Waals surface area contributed by atoms with Crippen molar-refractivity contribution in [2.24, 2.45) is 0 Å². The van der Waals surface area contributed by atoms with Gasteiger partial charge in [0.15, 0.2) is 5.16 Å². The molecule has 2 heterocycles. The molecule has 0 aliphatic carbocycles. The zero-order valence-electron chi connectivity index (χ0n) is 17.9. The summed E-state index contributed by atoms with van der Waals surface area (Å²) in [7, 11) is 0. The lowest BCUT2D eigenvalue weighted by Crippen LogP contribution is -2.24. The topological polar surface area (TPSA) is 59.8 Å². The fourth-order valence-corrected chi connectivity index (χ4v) is 4.69. The molecule has 0 fully saturated rings. The lowest BCUT2D eigenvalue weighted by Gasteiger charge is -2.10. The van der Waals surface area contributed by atoms with Crippen LogP contribution >= 0.6 is 23.4 Å². The molecule has 0 spiro atoms. The summed E-state index contributed by atoms with van der Waals surface area (Å²) in [5.74, 6) is 0.700. The van der Waals surface area contributed by atoms with Crippen molar-refractivity contribution >= 4 is 40.3 Å². The third-order valence-corrected chi connectivity index (χ3v) is 6.60. The van der Waals surface area contributed by atoms with Crippen LogP contribution in [0.4, 0.5) is 0 Å². The molecule has 0 saturated heterocycles. The molecular weight excluding hydrogens is 440 g/mol. The van der Waals surface area contributed by atoms with Crippen LogP contribution in [-0.4, -0.2) is 27.0 Å².